The van der Waals surface area contributed by atoms with E-state index in [1.807, 2.05) is 0 Å². The molecule has 2 aliphatic carbocycles. The smallest absolute Gasteiger partial charge is 0.0159 e. The van der Waals surface area contributed by atoms with E-state index in [0.29, 0.717) is 0 Å². The van der Waals surface area contributed by atoms with Crippen LogP contribution in [-0.4, -0.2) is 0 Å². The second-order valence-corrected chi connectivity index (χ2v) is 8.79. The van der Waals surface area contributed by atoms with Crippen LogP contribution in [0.4, 0.5) is 0 Å². The number of rotatable bonds is 4. The minimum absolute atomic E-state index is 0.797. The number of fused-ring (bicyclic) bond motifs is 1. The Bertz CT molecular complexity index is 694. The highest BCUT2D eigenvalue weighted by Crippen LogP contribution is 2.48. The molecular weight excluding hydrogens is 312 g/mol. The van der Waals surface area contributed by atoms with Crippen LogP contribution in [0.15, 0.2) is 48.5 Å². The lowest BCUT2D eigenvalue weighted by molar-refractivity contribution is 0.116. The third kappa shape index (κ3) is 3.75. The van der Waals surface area contributed by atoms with Crippen molar-refractivity contribution in [1.82, 2.24) is 0 Å². The molecule has 0 heterocycles. The van der Waals surface area contributed by atoms with E-state index < -0.39 is 0 Å². The van der Waals surface area contributed by atoms with Crippen LogP contribution in [0, 0.1) is 17.8 Å². The quantitative estimate of drug-likeness (QED) is 0.534. The van der Waals surface area contributed by atoms with Crippen molar-refractivity contribution in [2.24, 2.45) is 17.8 Å². The van der Waals surface area contributed by atoms with Gasteiger partial charge in [-0.25, -0.2) is 0 Å². The minimum atomic E-state index is 0.797. The monoisotopic (exact) mass is 346 g/mol. The largest absolute Gasteiger partial charge is 0.0651 e. The summed E-state index contributed by atoms with van der Waals surface area (Å²) in [7, 11) is 0. The van der Waals surface area contributed by atoms with Crippen LogP contribution < -0.4 is 0 Å². The zero-order valence-corrected chi connectivity index (χ0v) is 16.6. The van der Waals surface area contributed by atoms with Gasteiger partial charge in [-0.05, 0) is 84.5 Å². The number of hydrogen-bond donors (Lipinski definition) is 0. The van der Waals surface area contributed by atoms with Gasteiger partial charge in [-0.2, -0.15) is 0 Å². The van der Waals surface area contributed by atoms with Crippen molar-refractivity contribution in [2.45, 2.75) is 71.1 Å². The van der Waals surface area contributed by atoms with Gasteiger partial charge in [0.05, 0.1) is 0 Å². The molecule has 0 radical (unpaired) electrons. The van der Waals surface area contributed by atoms with Gasteiger partial charge in [0.15, 0.2) is 0 Å². The summed E-state index contributed by atoms with van der Waals surface area (Å²) in [6, 6.07) is 18.6. The molecule has 4 unspecified atom stereocenters. The van der Waals surface area contributed by atoms with Crippen LogP contribution in [0.3, 0.4) is 0 Å². The lowest BCUT2D eigenvalue weighted by atomic mass is 9.63. The molecule has 0 heteroatoms. The van der Waals surface area contributed by atoms with E-state index >= 15 is 0 Å². The van der Waals surface area contributed by atoms with E-state index in [1.165, 1.54) is 61.6 Å². The topological polar surface area (TPSA) is 0 Å². The molecule has 0 aliphatic heterocycles. The fraction of sp³-hybridized carbons (Fsp3) is 0.538. The number of hydrogen-bond acceptors (Lipinski definition) is 0. The molecule has 0 spiro atoms. The average molecular weight is 347 g/mol. The van der Waals surface area contributed by atoms with Gasteiger partial charge >= 0.3 is 0 Å². The van der Waals surface area contributed by atoms with E-state index in [2.05, 4.69) is 62.4 Å². The molecule has 138 valence electrons. The van der Waals surface area contributed by atoms with Gasteiger partial charge in [0.25, 0.3) is 0 Å². The van der Waals surface area contributed by atoms with Crippen LogP contribution in [0.2, 0.25) is 0 Å². The Morgan fingerprint density at radius 2 is 1.31 bits per heavy atom. The average Bonchev–Trinajstić information content (AvgIpc) is 2.73. The lowest BCUT2D eigenvalue weighted by Crippen LogP contribution is -2.30. The summed E-state index contributed by atoms with van der Waals surface area (Å²) >= 11 is 0. The standard InChI is InChI=1S/C26H34/c1-3-19-5-8-21(9-6-19)22-11-13-23(14-12-22)25-16-15-24-17-20(4-2)7-10-26(24)18-25/h5-6,8-9,11-14,20,24-26H,3-4,7,10,15-18H2,1-2H3. The first-order valence-electron chi connectivity index (χ1n) is 11.0. The van der Waals surface area contributed by atoms with Gasteiger partial charge in [-0.1, -0.05) is 75.2 Å². The Balaban J connectivity index is 1.42. The van der Waals surface area contributed by atoms with Crippen molar-refractivity contribution in [1.29, 1.82) is 0 Å². The summed E-state index contributed by atoms with van der Waals surface area (Å²) in [5, 5.41) is 0. The molecule has 0 N–H and O–H groups in total. The molecule has 4 atom stereocenters. The van der Waals surface area contributed by atoms with Crippen molar-refractivity contribution in [3.05, 3.63) is 59.7 Å². The number of benzene rings is 2. The Hall–Kier alpha value is -1.56. The second-order valence-electron chi connectivity index (χ2n) is 8.79. The van der Waals surface area contributed by atoms with Crippen molar-refractivity contribution >= 4 is 0 Å². The Kier molecular flexibility index (Phi) is 5.48. The highest BCUT2D eigenvalue weighted by molar-refractivity contribution is 5.64. The predicted octanol–water partition coefficient (Wildman–Crippen LogP) is 7.63. The van der Waals surface area contributed by atoms with E-state index in [-0.39, 0.29) is 0 Å². The third-order valence-corrected chi connectivity index (χ3v) is 7.38. The normalized spacial score (nSPS) is 28.5. The molecule has 4 rings (SSSR count). The van der Waals surface area contributed by atoms with E-state index in [1.54, 1.807) is 5.56 Å². The zero-order chi connectivity index (χ0) is 17.9. The van der Waals surface area contributed by atoms with Crippen LogP contribution in [-0.2, 0) is 6.42 Å². The van der Waals surface area contributed by atoms with Crippen molar-refractivity contribution in [3.63, 3.8) is 0 Å². The lowest BCUT2D eigenvalue weighted by Gasteiger charge is -2.42. The fourth-order valence-electron chi connectivity index (χ4n) is 5.54. The van der Waals surface area contributed by atoms with Gasteiger partial charge < -0.3 is 0 Å². The maximum Gasteiger partial charge on any atom is -0.0159 e. The Morgan fingerprint density at radius 1 is 0.692 bits per heavy atom. The van der Waals surface area contributed by atoms with E-state index in [4.69, 9.17) is 0 Å². The van der Waals surface area contributed by atoms with Crippen molar-refractivity contribution in [2.75, 3.05) is 0 Å². The van der Waals surface area contributed by atoms with E-state index in [0.717, 1.165) is 30.1 Å². The van der Waals surface area contributed by atoms with Gasteiger partial charge in [0, 0.05) is 0 Å². The molecule has 2 fully saturated rings. The molecular formula is C26H34. The minimum Gasteiger partial charge on any atom is -0.0651 e. The SMILES string of the molecule is CCc1ccc(-c2ccc(C3CCC4CC(CC)CCC4C3)cc2)cc1. The van der Waals surface area contributed by atoms with E-state index in [9.17, 15) is 0 Å². The van der Waals surface area contributed by atoms with Crippen molar-refractivity contribution < 1.29 is 0 Å². The summed E-state index contributed by atoms with van der Waals surface area (Å²) in [6.45, 7) is 4.60. The van der Waals surface area contributed by atoms with Gasteiger partial charge in [0.2, 0.25) is 0 Å². The molecule has 0 nitrogen and oxygen atoms in total. The van der Waals surface area contributed by atoms with Crippen molar-refractivity contribution in [3.8, 4) is 11.1 Å². The van der Waals surface area contributed by atoms with Crippen LogP contribution >= 0.6 is 0 Å². The molecule has 2 aromatic rings. The summed E-state index contributed by atoms with van der Waals surface area (Å²) in [4.78, 5) is 0. The summed E-state index contributed by atoms with van der Waals surface area (Å²) in [6.07, 6.45) is 11.3. The fourth-order valence-corrected chi connectivity index (χ4v) is 5.54. The van der Waals surface area contributed by atoms with Gasteiger partial charge in [-0.15, -0.1) is 0 Å². The number of aryl methyl sites for hydroxylation is 1. The van der Waals surface area contributed by atoms with Gasteiger partial charge in [0.1, 0.15) is 0 Å². The summed E-state index contributed by atoms with van der Waals surface area (Å²) in [5.74, 6) is 3.84. The molecule has 2 saturated carbocycles. The first-order chi connectivity index (χ1) is 12.8. The molecule has 0 bridgehead atoms. The maximum absolute atomic E-state index is 2.41. The maximum atomic E-state index is 2.41. The first kappa shape index (κ1) is 17.8. The first-order valence-corrected chi connectivity index (χ1v) is 11.0. The van der Waals surface area contributed by atoms with Crippen LogP contribution in [0.5, 0.6) is 0 Å². The van der Waals surface area contributed by atoms with Gasteiger partial charge in [-0.3, -0.25) is 0 Å². The molecule has 0 amide bonds. The highest BCUT2D eigenvalue weighted by atomic mass is 14.4. The molecule has 26 heavy (non-hydrogen) atoms. The Morgan fingerprint density at radius 3 is 1.96 bits per heavy atom. The third-order valence-electron chi connectivity index (χ3n) is 7.38. The van der Waals surface area contributed by atoms with Crippen LogP contribution in [0.25, 0.3) is 11.1 Å². The molecule has 0 saturated heterocycles. The molecule has 0 aromatic heterocycles. The van der Waals surface area contributed by atoms with Crippen LogP contribution in [0.1, 0.15) is 75.8 Å². The molecule has 2 aliphatic rings. The second kappa shape index (κ2) is 7.99. The zero-order valence-electron chi connectivity index (χ0n) is 16.6. The summed E-state index contributed by atoms with van der Waals surface area (Å²) < 4.78 is 0. The Labute approximate surface area is 160 Å². The predicted molar refractivity (Wildman–Crippen MR) is 112 cm³/mol. The summed E-state index contributed by atoms with van der Waals surface area (Å²) in [5.41, 5.74) is 5.69. The molecule has 2 aromatic carbocycles. The highest BCUT2D eigenvalue weighted by Gasteiger charge is 2.35.